The zero-order chi connectivity index (χ0) is 14.8. The average molecular weight is 284 g/mol. The zero-order valence-electron chi connectivity index (χ0n) is 12.6. The summed E-state index contributed by atoms with van der Waals surface area (Å²) in [6.07, 6.45) is 2.41. The van der Waals surface area contributed by atoms with Crippen molar-refractivity contribution in [3.63, 3.8) is 0 Å². The van der Waals surface area contributed by atoms with E-state index in [0.717, 1.165) is 16.9 Å². The fourth-order valence-electron chi connectivity index (χ4n) is 2.64. The van der Waals surface area contributed by atoms with E-state index in [1.54, 1.807) is 12.1 Å². The highest BCUT2D eigenvalue weighted by molar-refractivity contribution is 5.68. The standard InChI is InChI=1S/C18H21FN2/c1-13-6-3-4-8-17(13)21(2)18-9-5-7-16(19)15(18)12-20-14-10-11-14/h3-9,14,20H,10-12H2,1-2H3. The molecular formula is C18H21FN2. The normalized spacial score (nSPS) is 14.2. The van der Waals surface area contributed by atoms with Crippen molar-refractivity contribution in [2.75, 3.05) is 11.9 Å². The molecular weight excluding hydrogens is 263 g/mol. The molecule has 1 aliphatic rings. The molecule has 0 atom stereocenters. The van der Waals surface area contributed by atoms with Crippen molar-refractivity contribution in [3.8, 4) is 0 Å². The average Bonchev–Trinajstić information content (AvgIpc) is 3.30. The van der Waals surface area contributed by atoms with E-state index in [9.17, 15) is 4.39 Å². The highest BCUT2D eigenvalue weighted by atomic mass is 19.1. The number of aryl methyl sites for hydroxylation is 1. The molecule has 1 N–H and O–H groups in total. The fourth-order valence-corrected chi connectivity index (χ4v) is 2.64. The van der Waals surface area contributed by atoms with E-state index in [1.165, 1.54) is 18.4 Å². The SMILES string of the molecule is Cc1ccccc1N(C)c1cccc(F)c1CNC1CC1. The molecule has 21 heavy (non-hydrogen) atoms. The van der Waals surface area contributed by atoms with Gasteiger partial charge in [-0.25, -0.2) is 4.39 Å². The molecule has 0 radical (unpaired) electrons. The van der Waals surface area contributed by atoms with Crippen molar-refractivity contribution in [2.24, 2.45) is 0 Å². The Balaban J connectivity index is 1.93. The topological polar surface area (TPSA) is 15.3 Å². The maximum atomic E-state index is 14.2. The van der Waals surface area contributed by atoms with E-state index in [0.29, 0.717) is 12.6 Å². The van der Waals surface area contributed by atoms with Gasteiger partial charge in [0, 0.05) is 36.6 Å². The summed E-state index contributed by atoms with van der Waals surface area (Å²) in [5.41, 5.74) is 3.97. The molecule has 0 saturated heterocycles. The summed E-state index contributed by atoms with van der Waals surface area (Å²) in [6.45, 7) is 2.66. The Bertz CT molecular complexity index is 635. The summed E-state index contributed by atoms with van der Waals surface area (Å²) in [5, 5.41) is 3.41. The summed E-state index contributed by atoms with van der Waals surface area (Å²) in [6, 6.07) is 14.1. The lowest BCUT2D eigenvalue weighted by Crippen LogP contribution is -2.20. The maximum absolute atomic E-state index is 14.2. The van der Waals surface area contributed by atoms with Crippen LogP contribution in [0.3, 0.4) is 0 Å². The van der Waals surface area contributed by atoms with Crippen molar-refractivity contribution in [3.05, 3.63) is 59.4 Å². The van der Waals surface area contributed by atoms with Crippen LogP contribution < -0.4 is 10.2 Å². The third-order valence-corrected chi connectivity index (χ3v) is 4.08. The number of rotatable bonds is 5. The van der Waals surface area contributed by atoms with Gasteiger partial charge in [-0.1, -0.05) is 24.3 Å². The molecule has 2 nitrogen and oxygen atoms in total. The second-order valence-electron chi connectivity index (χ2n) is 5.74. The van der Waals surface area contributed by atoms with Crippen molar-refractivity contribution in [1.29, 1.82) is 0 Å². The molecule has 0 unspecified atom stereocenters. The van der Waals surface area contributed by atoms with Gasteiger partial charge in [0.1, 0.15) is 5.82 Å². The Labute approximate surface area is 125 Å². The van der Waals surface area contributed by atoms with E-state index < -0.39 is 0 Å². The monoisotopic (exact) mass is 284 g/mol. The number of para-hydroxylation sites is 1. The maximum Gasteiger partial charge on any atom is 0.129 e. The predicted molar refractivity (Wildman–Crippen MR) is 85.5 cm³/mol. The minimum Gasteiger partial charge on any atom is -0.344 e. The summed E-state index contributed by atoms with van der Waals surface area (Å²) < 4.78 is 14.2. The number of hydrogen-bond acceptors (Lipinski definition) is 2. The molecule has 1 aliphatic carbocycles. The van der Waals surface area contributed by atoms with Gasteiger partial charge in [0.25, 0.3) is 0 Å². The molecule has 3 rings (SSSR count). The van der Waals surface area contributed by atoms with E-state index >= 15 is 0 Å². The van der Waals surface area contributed by atoms with Crippen LogP contribution in [0.1, 0.15) is 24.0 Å². The highest BCUT2D eigenvalue weighted by Gasteiger charge is 2.22. The van der Waals surface area contributed by atoms with Crippen LogP contribution in [0.4, 0.5) is 15.8 Å². The van der Waals surface area contributed by atoms with Gasteiger partial charge in [0.15, 0.2) is 0 Å². The smallest absolute Gasteiger partial charge is 0.129 e. The lowest BCUT2D eigenvalue weighted by molar-refractivity contribution is 0.587. The number of benzene rings is 2. The number of halogens is 1. The Kier molecular flexibility index (Phi) is 3.93. The van der Waals surface area contributed by atoms with E-state index in [-0.39, 0.29) is 5.82 Å². The van der Waals surface area contributed by atoms with Gasteiger partial charge < -0.3 is 10.2 Å². The predicted octanol–water partition coefficient (Wildman–Crippen LogP) is 4.15. The van der Waals surface area contributed by atoms with Crippen molar-refractivity contribution in [1.82, 2.24) is 5.32 Å². The molecule has 110 valence electrons. The van der Waals surface area contributed by atoms with Gasteiger partial charge in [-0.05, 0) is 43.5 Å². The molecule has 0 aromatic heterocycles. The molecule has 1 saturated carbocycles. The van der Waals surface area contributed by atoms with Crippen LogP contribution in [0.5, 0.6) is 0 Å². The summed E-state index contributed by atoms with van der Waals surface area (Å²) in [5.74, 6) is -0.138. The molecule has 0 bridgehead atoms. The largest absolute Gasteiger partial charge is 0.344 e. The first-order chi connectivity index (χ1) is 10.2. The third-order valence-electron chi connectivity index (χ3n) is 4.08. The van der Waals surface area contributed by atoms with Gasteiger partial charge in [-0.3, -0.25) is 0 Å². The zero-order valence-corrected chi connectivity index (χ0v) is 12.6. The number of nitrogens with zero attached hydrogens (tertiary/aromatic N) is 1. The molecule has 0 spiro atoms. The minimum absolute atomic E-state index is 0.138. The van der Waals surface area contributed by atoms with Crippen LogP contribution in [-0.2, 0) is 6.54 Å². The molecule has 0 aliphatic heterocycles. The summed E-state index contributed by atoms with van der Waals surface area (Å²) in [4.78, 5) is 2.07. The van der Waals surface area contributed by atoms with Gasteiger partial charge >= 0.3 is 0 Å². The lowest BCUT2D eigenvalue weighted by Gasteiger charge is -2.24. The van der Waals surface area contributed by atoms with Gasteiger partial charge in [0.2, 0.25) is 0 Å². The van der Waals surface area contributed by atoms with Crippen LogP contribution in [0.15, 0.2) is 42.5 Å². The Morgan fingerprint density at radius 3 is 2.52 bits per heavy atom. The fraction of sp³-hybridized carbons (Fsp3) is 0.333. The molecule has 2 aromatic rings. The number of hydrogen-bond donors (Lipinski definition) is 1. The summed E-state index contributed by atoms with van der Waals surface area (Å²) >= 11 is 0. The van der Waals surface area contributed by atoms with Crippen molar-refractivity contribution < 1.29 is 4.39 Å². The van der Waals surface area contributed by atoms with Crippen LogP contribution in [0, 0.1) is 12.7 Å². The first-order valence-electron chi connectivity index (χ1n) is 7.47. The van der Waals surface area contributed by atoms with Crippen LogP contribution in [0.2, 0.25) is 0 Å². The van der Waals surface area contributed by atoms with E-state index in [4.69, 9.17) is 0 Å². The number of anilines is 2. The van der Waals surface area contributed by atoms with E-state index in [1.807, 2.05) is 25.2 Å². The minimum atomic E-state index is -0.138. The second kappa shape index (κ2) is 5.86. The first kappa shape index (κ1) is 14.1. The Hall–Kier alpha value is -1.87. The lowest BCUT2D eigenvalue weighted by atomic mass is 10.1. The Morgan fingerprint density at radius 1 is 1.10 bits per heavy atom. The Morgan fingerprint density at radius 2 is 1.81 bits per heavy atom. The van der Waals surface area contributed by atoms with E-state index in [2.05, 4.69) is 29.3 Å². The number of nitrogens with one attached hydrogen (secondary N) is 1. The molecule has 3 heteroatoms. The molecule has 1 fully saturated rings. The first-order valence-corrected chi connectivity index (χ1v) is 7.47. The van der Waals surface area contributed by atoms with Crippen LogP contribution in [-0.4, -0.2) is 13.1 Å². The van der Waals surface area contributed by atoms with Gasteiger partial charge in [-0.2, -0.15) is 0 Å². The summed E-state index contributed by atoms with van der Waals surface area (Å²) in [7, 11) is 2.00. The van der Waals surface area contributed by atoms with Crippen LogP contribution >= 0.6 is 0 Å². The van der Waals surface area contributed by atoms with Crippen LogP contribution in [0.25, 0.3) is 0 Å². The molecule has 2 aromatic carbocycles. The molecule has 0 amide bonds. The highest BCUT2D eigenvalue weighted by Crippen LogP contribution is 2.31. The van der Waals surface area contributed by atoms with Crippen molar-refractivity contribution >= 4 is 11.4 Å². The second-order valence-corrected chi connectivity index (χ2v) is 5.74. The quantitative estimate of drug-likeness (QED) is 0.887. The van der Waals surface area contributed by atoms with Gasteiger partial charge in [-0.15, -0.1) is 0 Å². The third kappa shape index (κ3) is 3.08. The molecule has 0 heterocycles. The van der Waals surface area contributed by atoms with Gasteiger partial charge in [0.05, 0.1) is 0 Å². The van der Waals surface area contributed by atoms with Crippen molar-refractivity contribution in [2.45, 2.75) is 32.4 Å².